The fourth-order valence-corrected chi connectivity index (χ4v) is 7.69. The van der Waals surface area contributed by atoms with Crippen LogP contribution in [0.2, 0.25) is 0 Å². The highest BCUT2D eigenvalue weighted by Crippen LogP contribution is 2.44. The molecule has 0 amide bonds. The van der Waals surface area contributed by atoms with Gasteiger partial charge in [0.25, 0.3) is 0 Å². The van der Waals surface area contributed by atoms with E-state index in [1.807, 2.05) is 0 Å². The maximum absolute atomic E-state index is 3.58. The zero-order chi connectivity index (χ0) is 30.2. The predicted octanol–water partition coefficient (Wildman–Crippen LogP) is 12.1. The third-order valence-corrected chi connectivity index (χ3v) is 9.72. The summed E-state index contributed by atoms with van der Waals surface area (Å²) in [6.45, 7) is 0. The number of aromatic amines is 1. The van der Waals surface area contributed by atoms with Crippen molar-refractivity contribution in [2.24, 2.45) is 0 Å². The lowest BCUT2D eigenvalue weighted by molar-refractivity contribution is 1.19. The summed E-state index contributed by atoms with van der Waals surface area (Å²) in [6, 6.07) is 59.8. The van der Waals surface area contributed by atoms with Gasteiger partial charge < -0.3 is 9.55 Å². The molecule has 2 nitrogen and oxygen atoms in total. The van der Waals surface area contributed by atoms with E-state index in [2.05, 4.69) is 173 Å². The highest BCUT2D eigenvalue weighted by molar-refractivity contribution is 6.23. The van der Waals surface area contributed by atoms with Gasteiger partial charge in [-0.25, -0.2) is 0 Å². The molecule has 1 N–H and O–H groups in total. The first kappa shape index (κ1) is 25.2. The summed E-state index contributed by atoms with van der Waals surface area (Å²) in [5, 5.41) is 10.1. The molecule has 8 aromatic carbocycles. The smallest absolute Gasteiger partial charge is 0.0619 e. The van der Waals surface area contributed by atoms with E-state index < -0.39 is 0 Å². The lowest BCUT2D eigenvalue weighted by atomic mass is 9.89. The molecule has 2 heterocycles. The van der Waals surface area contributed by atoms with Gasteiger partial charge in [0, 0.05) is 43.7 Å². The minimum Gasteiger partial charge on any atom is -0.355 e. The molecule has 0 aliphatic heterocycles. The van der Waals surface area contributed by atoms with Gasteiger partial charge in [0.2, 0.25) is 0 Å². The Hall–Kier alpha value is -6.12. The first-order valence-corrected chi connectivity index (χ1v) is 15.9. The summed E-state index contributed by atoms with van der Waals surface area (Å²) in [5.41, 5.74) is 11.0. The van der Waals surface area contributed by atoms with Crippen molar-refractivity contribution in [3.8, 4) is 27.9 Å². The summed E-state index contributed by atoms with van der Waals surface area (Å²) in [7, 11) is 0. The Morgan fingerprint density at radius 2 is 0.935 bits per heavy atom. The fraction of sp³-hybridized carbons (Fsp3) is 0. The lowest BCUT2D eigenvalue weighted by Gasteiger charge is -2.16. The molecule has 10 rings (SSSR count). The van der Waals surface area contributed by atoms with Crippen molar-refractivity contribution in [2.75, 3.05) is 0 Å². The van der Waals surface area contributed by atoms with E-state index in [0.717, 1.165) is 0 Å². The highest BCUT2D eigenvalue weighted by Gasteiger charge is 2.19. The second-order valence-electron chi connectivity index (χ2n) is 12.2. The number of hydrogen-bond donors (Lipinski definition) is 1. The number of rotatable bonds is 3. The molecule has 10 aromatic rings. The maximum atomic E-state index is 3.58. The molecule has 0 saturated carbocycles. The van der Waals surface area contributed by atoms with E-state index in [0.29, 0.717) is 0 Å². The molecule has 0 radical (unpaired) electrons. The van der Waals surface area contributed by atoms with E-state index in [4.69, 9.17) is 0 Å². The molecular formula is C44H28N2. The molecule has 0 saturated heterocycles. The van der Waals surface area contributed by atoms with Crippen molar-refractivity contribution >= 4 is 65.2 Å². The van der Waals surface area contributed by atoms with Crippen LogP contribution in [0.5, 0.6) is 0 Å². The number of benzene rings is 8. The van der Waals surface area contributed by atoms with Crippen molar-refractivity contribution in [2.45, 2.75) is 0 Å². The van der Waals surface area contributed by atoms with Gasteiger partial charge in [-0.2, -0.15) is 0 Å². The molecule has 2 heteroatoms. The van der Waals surface area contributed by atoms with Crippen LogP contribution in [0.15, 0.2) is 164 Å². The summed E-state index contributed by atoms with van der Waals surface area (Å²) in [5.74, 6) is 0. The summed E-state index contributed by atoms with van der Waals surface area (Å²) in [6.07, 6.45) is 0. The van der Waals surface area contributed by atoms with E-state index in [1.165, 1.54) is 93.1 Å². The van der Waals surface area contributed by atoms with Gasteiger partial charge in [-0.3, -0.25) is 0 Å². The van der Waals surface area contributed by atoms with Crippen molar-refractivity contribution in [1.82, 2.24) is 9.55 Å². The molecule has 0 bridgehead atoms. The third kappa shape index (κ3) is 3.59. The standard InChI is InChI=1S/C44H28N2/c1-2-12-29(13-3-1)46-43-21-11-9-18-36(43)40-27-38(33-16-6-7-19-37(33)44(40)46)34-24-23-30(31-14-4-5-15-32(31)34)28-22-25-42-39(26-28)35-17-8-10-20-41(35)45-42/h1-27,45H. The Morgan fingerprint density at radius 1 is 0.348 bits per heavy atom. The number of H-pyrrole nitrogens is 1. The largest absolute Gasteiger partial charge is 0.355 e. The van der Waals surface area contributed by atoms with Crippen molar-refractivity contribution in [3.63, 3.8) is 0 Å². The van der Waals surface area contributed by atoms with Crippen LogP contribution in [-0.2, 0) is 0 Å². The number of nitrogens with one attached hydrogen (secondary N) is 1. The average molecular weight is 585 g/mol. The fourth-order valence-electron chi connectivity index (χ4n) is 7.69. The molecule has 2 aromatic heterocycles. The maximum Gasteiger partial charge on any atom is 0.0619 e. The molecule has 214 valence electrons. The first-order chi connectivity index (χ1) is 22.8. The van der Waals surface area contributed by atoms with Gasteiger partial charge in [-0.05, 0) is 80.9 Å². The quantitative estimate of drug-likeness (QED) is 0.213. The molecule has 0 aliphatic carbocycles. The summed E-state index contributed by atoms with van der Waals surface area (Å²) < 4.78 is 2.43. The lowest BCUT2D eigenvalue weighted by Crippen LogP contribution is -1.94. The molecule has 0 fully saturated rings. The molecule has 0 unspecified atom stereocenters. The van der Waals surface area contributed by atoms with Crippen LogP contribution in [0.1, 0.15) is 0 Å². The third-order valence-electron chi connectivity index (χ3n) is 9.72. The number of fused-ring (bicyclic) bond motifs is 9. The van der Waals surface area contributed by atoms with Gasteiger partial charge in [0.15, 0.2) is 0 Å². The monoisotopic (exact) mass is 584 g/mol. The van der Waals surface area contributed by atoms with Crippen LogP contribution in [0.25, 0.3) is 93.1 Å². The normalized spacial score (nSPS) is 11.9. The molecule has 0 spiro atoms. The Bertz CT molecular complexity index is 2800. The number of para-hydroxylation sites is 3. The Kier molecular flexibility index (Phi) is 5.31. The highest BCUT2D eigenvalue weighted by atomic mass is 15.0. The Morgan fingerprint density at radius 3 is 1.74 bits per heavy atom. The van der Waals surface area contributed by atoms with Crippen LogP contribution in [0.3, 0.4) is 0 Å². The minimum absolute atomic E-state index is 1.17. The predicted molar refractivity (Wildman–Crippen MR) is 196 cm³/mol. The van der Waals surface area contributed by atoms with E-state index in [9.17, 15) is 0 Å². The zero-order valence-electron chi connectivity index (χ0n) is 25.0. The van der Waals surface area contributed by atoms with Crippen molar-refractivity contribution < 1.29 is 0 Å². The van der Waals surface area contributed by atoms with Gasteiger partial charge in [0.05, 0.1) is 11.0 Å². The van der Waals surface area contributed by atoms with Gasteiger partial charge in [0.1, 0.15) is 0 Å². The zero-order valence-corrected chi connectivity index (χ0v) is 25.0. The summed E-state index contributed by atoms with van der Waals surface area (Å²) in [4.78, 5) is 3.58. The van der Waals surface area contributed by atoms with Crippen LogP contribution < -0.4 is 0 Å². The van der Waals surface area contributed by atoms with Gasteiger partial charge in [-0.1, -0.05) is 121 Å². The molecule has 0 atom stereocenters. The summed E-state index contributed by atoms with van der Waals surface area (Å²) >= 11 is 0. The second kappa shape index (κ2) is 9.69. The van der Waals surface area contributed by atoms with Crippen molar-refractivity contribution in [3.05, 3.63) is 164 Å². The Labute approximate surface area is 265 Å². The number of nitrogens with zero attached hydrogens (tertiary/aromatic N) is 1. The van der Waals surface area contributed by atoms with Crippen LogP contribution in [0, 0.1) is 0 Å². The van der Waals surface area contributed by atoms with Crippen LogP contribution in [-0.4, -0.2) is 9.55 Å². The minimum atomic E-state index is 1.17. The van der Waals surface area contributed by atoms with Gasteiger partial charge >= 0.3 is 0 Å². The number of aromatic nitrogens is 2. The van der Waals surface area contributed by atoms with Gasteiger partial charge in [-0.15, -0.1) is 0 Å². The van der Waals surface area contributed by atoms with E-state index in [1.54, 1.807) is 0 Å². The van der Waals surface area contributed by atoms with E-state index >= 15 is 0 Å². The average Bonchev–Trinajstić information content (AvgIpc) is 3.67. The topological polar surface area (TPSA) is 20.7 Å². The van der Waals surface area contributed by atoms with Crippen LogP contribution >= 0.6 is 0 Å². The first-order valence-electron chi connectivity index (χ1n) is 15.9. The van der Waals surface area contributed by atoms with E-state index in [-0.39, 0.29) is 0 Å². The SMILES string of the molecule is c1ccc(-n2c3ccccc3c3cc(-c4ccc(-c5ccc6[nH]c7ccccc7c6c5)c5ccccc45)c4ccccc4c32)cc1. The second-order valence-corrected chi connectivity index (χ2v) is 12.2. The molecular weight excluding hydrogens is 556 g/mol. The molecule has 0 aliphatic rings. The number of hydrogen-bond acceptors (Lipinski definition) is 0. The van der Waals surface area contributed by atoms with Crippen LogP contribution in [0.4, 0.5) is 0 Å². The molecule has 46 heavy (non-hydrogen) atoms. The van der Waals surface area contributed by atoms with Crippen molar-refractivity contribution in [1.29, 1.82) is 0 Å². The Balaban J connectivity index is 1.26.